The van der Waals surface area contributed by atoms with Crippen molar-refractivity contribution in [2.45, 2.75) is 30.4 Å². The number of hydrogen-bond donors (Lipinski definition) is 1. The van der Waals surface area contributed by atoms with Gasteiger partial charge in [0.1, 0.15) is 5.69 Å². The van der Waals surface area contributed by atoms with Crippen molar-refractivity contribution >= 4 is 23.1 Å². The minimum Gasteiger partial charge on any atom is -0.393 e. The van der Waals surface area contributed by atoms with Gasteiger partial charge in [-0.25, -0.2) is 0 Å². The lowest BCUT2D eigenvalue weighted by Crippen LogP contribution is -2.06. The number of rotatable bonds is 2. The van der Waals surface area contributed by atoms with E-state index in [4.69, 9.17) is 5.73 Å². The second-order valence-corrected chi connectivity index (χ2v) is 6.09. The van der Waals surface area contributed by atoms with Gasteiger partial charge in [0.15, 0.2) is 0 Å². The number of hydrogen-bond acceptors (Lipinski definition) is 4. The Morgan fingerprint density at radius 2 is 2.00 bits per heavy atom. The molecule has 4 nitrogen and oxygen atoms in total. The van der Waals surface area contributed by atoms with Gasteiger partial charge in [-0.05, 0) is 12.1 Å². The minimum atomic E-state index is -0.471. The van der Waals surface area contributed by atoms with Crippen LogP contribution in [0.3, 0.4) is 0 Å². The van der Waals surface area contributed by atoms with Gasteiger partial charge >= 0.3 is 0 Å². The summed E-state index contributed by atoms with van der Waals surface area (Å²) in [6, 6.07) is 4.82. The Morgan fingerprint density at radius 3 is 2.40 bits per heavy atom. The van der Waals surface area contributed by atoms with E-state index in [0.29, 0.717) is 0 Å². The molecule has 15 heavy (non-hydrogen) atoms. The second-order valence-electron chi connectivity index (χ2n) is 4.19. The van der Waals surface area contributed by atoms with Gasteiger partial charge in [0.2, 0.25) is 0 Å². The van der Waals surface area contributed by atoms with Crippen molar-refractivity contribution in [1.82, 2.24) is 0 Å². The molecule has 0 saturated heterocycles. The SMILES string of the molecule is CC(C)(C)Sc1ccc([N+](=O)[O-])c(N)c1. The van der Waals surface area contributed by atoms with Crippen LogP contribution in [0.1, 0.15) is 20.8 Å². The van der Waals surface area contributed by atoms with E-state index >= 15 is 0 Å². The van der Waals surface area contributed by atoms with Crippen molar-refractivity contribution in [1.29, 1.82) is 0 Å². The van der Waals surface area contributed by atoms with E-state index < -0.39 is 4.92 Å². The Balaban J connectivity index is 2.97. The van der Waals surface area contributed by atoms with E-state index in [1.807, 2.05) is 0 Å². The summed E-state index contributed by atoms with van der Waals surface area (Å²) in [5.74, 6) is 0. The van der Waals surface area contributed by atoms with Crippen LogP contribution in [0.15, 0.2) is 23.1 Å². The molecule has 0 heterocycles. The lowest BCUT2D eigenvalue weighted by molar-refractivity contribution is -0.383. The maximum atomic E-state index is 10.5. The molecule has 0 aliphatic carbocycles. The molecule has 0 aliphatic rings. The predicted octanol–water partition coefficient (Wildman–Crippen LogP) is 3.07. The molecule has 0 amide bonds. The largest absolute Gasteiger partial charge is 0.393 e. The second kappa shape index (κ2) is 4.10. The van der Waals surface area contributed by atoms with Gasteiger partial charge in [-0.15, -0.1) is 11.8 Å². The number of nitro benzene ring substituents is 1. The molecule has 0 spiro atoms. The van der Waals surface area contributed by atoms with Crippen molar-refractivity contribution < 1.29 is 4.92 Å². The van der Waals surface area contributed by atoms with E-state index in [0.717, 1.165) is 4.90 Å². The molecule has 0 fully saturated rings. The van der Waals surface area contributed by atoms with Crippen LogP contribution >= 0.6 is 11.8 Å². The predicted molar refractivity (Wildman–Crippen MR) is 63.1 cm³/mol. The number of nitrogens with zero attached hydrogens (tertiary/aromatic N) is 1. The van der Waals surface area contributed by atoms with E-state index in [2.05, 4.69) is 20.8 Å². The lowest BCUT2D eigenvalue weighted by atomic mass is 10.2. The monoisotopic (exact) mass is 226 g/mol. The molecule has 1 aromatic carbocycles. The van der Waals surface area contributed by atoms with Gasteiger partial charge in [0.25, 0.3) is 5.69 Å². The quantitative estimate of drug-likeness (QED) is 0.364. The molecule has 1 aromatic rings. The maximum Gasteiger partial charge on any atom is 0.292 e. The summed E-state index contributed by atoms with van der Waals surface area (Å²) in [5, 5.41) is 10.5. The highest BCUT2D eigenvalue weighted by atomic mass is 32.2. The summed E-state index contributed by atoms with van der Waals surface area (Å²) < 4.78 is 0.0720. The third kappa shape index (κ3) is 3.43. The Bertz CT molecular complexity index is 385. The fourth-order valence-corrected chi connectivity index (χ4v) is 2.14. The molecule has 0 aliphatic heterocycles. The molecule has 5 heteroatoms. The third-order valence-corrected chi connectivity index (χ3v) is 2.72. The molecule has 0 radical (unpaired) electrons. The van der Waals surface area contributed by atoms with Crippen LogP contribution in [0.4, 0.5) is 11.4 Å². The van der Waals surface area contributed by atoms with Crippen molar-refractivity contribution in [3.05, 3.63) is 28.3 Å². The summed E-state index contributed by atoms with van der Waals surface area (Å²) in [6.07, 6.45) is 0. The van der Waals surface area contributed by atoms with Crippen LogP contribution in [0, 0.1) is 10.1 Å². The highest BCUT2D eigenvalue weighted by Gasteiger charge is 2.15. The van der Waals surface area contributed by atoms with Gasteiger partial charge in [0.05, 0.1) is 4.92 Å². The van der Waals surface area contributed by atoms with Crippen LogP contribution in [-0.4, -0.2) is 9.67 Å². The van der Waals surface area contributed by atoms with Gasteiger partial charge in [-0.3, -0.25) is 10.1 Å². The molecule has 0 bridgehead atoms. The van der Waals surface area contributed by atoms with E-state index in [-0.39, 0.29) is 16.1 Å². The topological polar surface area (TPSA) is 69.2 Å². The van der Waals surface area contributed by atoms with Gasteiger partial charge < -0.3 is 5.73 Å². The standard InChI is InChI=1S/C10H14N2O2S/c1-10(2,3)15-7-4-5-9(12(13)14)8(11)6-7/h4-6H,11H2,1-3H3. The highest BCUT2D eigenvalue weighted by Crippen LogP contribution is 2.35. The van der Waals surface area contributed by atoms with Gasteiger partial charge in [-0.1, -0.05) is 20.8 Å². The minimum absolute atomic E-state index is 0.0340. The van der Waals surface area contributed by atoms with Crippen LogP contribution in [0.5, 0.6) is 0 Å². The third-order valence-electron chi connectivity index (χ3n) is 1.62. The Kier molecular flexibility index (Phi) is 3.24. The maximum absolute atomic E-state index is 10.5. The normalized spacial score (nSPS) is 11.4. The number of anilines is 1. The Labute approximate surface area is 93.0 Å². The average Bonchev–Trinajstić information content (AvgIpc) is 1.99. The summed E-state index contributed by atoms with van der Waals surface area (Å²) >= 11 is 1.63. The van der Waals surface area contributed by atoms with E-state index in [1.165, 1.54) is 6.07 Å². The van der Waals surface area contributed by atoms with E-state index in [9.17, 15) is 10.1 Å². The van der Waals surface area contributed by atoms with Gasteiger partial charge in [0, 0.05) is 15.7 Å². The van der Waals surface area contributed by atoms with Crippen molar-refractivity contribution in [2.24, 2.45) is 0 Å². The number of nitro groups is 1. The fourth-order valence-electron chi connectivity index (χ4n) is 1.12. The molecular weight excluding hydrogens is 212 g/mol. The number of benzene rings is 1. The summed E-state index contributed by atoms with van der Waals surface area (Å²) in [4.78, 5) is 11.0. The molecule has 0 aromatic heterocycles. The number of nitrogen functional groups attached to an aromatic ring is 1. The zero-order valence-corrected chi connectivity index (χ0v) is 9.80. The molecule has 0 atom stereocenters. The van der Waals surface area contributed by atoms with Crippen LogP contribution < -0.4 is 5.73 Å². The molecule has 2 N–H and O–H groups in total. The van der Waals surface area contributed by atoms with Crippen molar-refractivity contribution in [3.8, 4) is 0 Å². The number of thioether (sulfide) groups is 1. The van der Waals surface area contributed by atoms with Crippen LogP contribution in [0.2, 0.25) is 0 Å². The van der Waals surface area contributed by atoms with Crippen molar-refractivity contribution in [2.75, 3.05) is 5.73 Å². The summed E-state index contributed by atoms with van der Waals surface area (Å²) in [7, 11) is 0. The summed E-state index contributed by atoms with van der Waals surface area (Å²) in [5.41, 5.74) is 5.77. The summed E-state index contributed by atoms with van der Waals surface area (Å²) in [6.45, 7) is 6.24. The Morgan fingerprint density at radius 1 is 1.40 bits per heavy atom. The van der Waals surface area contributed by atoms with Crippen LogP contribution in [-0.2, 0) is 0 Å². The Hall–Kier alpha value is -1.23. The molecule has 82 valence electrons. The molecule has 0 saturated carbocycles. The lowest BCUT2D eigenvalue weighted by Gasteiger charge is -2.17. The molecule has 0 unspecified atom stereocenters. The van der Waals surface area contributed by atoms with E-state index in [1.54, 1.807) is 23.9 Å². The first kappa shape index (κ1) is 11.8. The average molecular weight is 226 g/mol. The first-order chi connectivity index (χ1) is 6.79. The zero-order valence-electron chi connectivity index (χ0n) is 8.98. The first-order valence-electron chi connectivity index (χ1n) is 4.52. The van der Waals surface area contributed by atoms with Crippen molar-refractivity contribution in [3.63, 3.8) is 0 Å². The smallest absolute Gasteiger partial charge is 0.292 e. The fraction of sp³-hybridized carbons (Fsp3) is 0.400. The molecule has 1 rings (SSSR count). The highest BCUT2D eigenvalue weighted by molar-refractivity contribution is 8.00. The van der Waals surface area contributed by atoms with Crippen LogP contribution in [0.25, 0.3) is 0 Å². The molecular formula is C10H14N2O2S. The van der Waals surface area contributed by atoms with Gasteiger partial charge in [-0.2, -0.15) is 0 Å². The number of nitrogens with two attached hydrogens (primary N) is 1. The zero-order chi connectivity index (χ0) is 11.6. The first-order valence-corrected chi connectivity index (χ1v) is 5.34.